The smallest absolute Gasteiger partial charge is 0.418 e. The third kappa shape index (κ3) is 11.8. The number of imide groups is 1. The molecule has 0 bridgehead atoms. The molecule has 0 aliphatic carbocycles. The Morgan fingerprint density at radius 3 is 1.93 bits per heavy atom. The van der Waals surface area contributed by atoms with Crippen molar-refractivity contribution in [2.45, 2.75) is 157 Å². The summed E-state index contributed by atoms with van der Waals surface area (Å²) in [6.07, 6.45) is 15.8. The number of allylic oxidation sites excluding steroid dienone is 1. The predicted molar refractivity (Wildman–Crippen MR) is 176 cm³/mol. The van der Waals surface area contributed by atoms with Gasteiger partial charge in [0.1, 0.15) is 11.8 Å². The second kappa shape index (κ2) is 20.1. The molecule has 1 aliphatic heterocycles. The van der Waals surface area contributed by atoms with Gasteiger partial charge >= 0.3 is 18.1 Å². The average molecular weight is 615 g/mol. The Labute approximate surface area is 266 Å². The summed E-state index contributed by atoms with van der Waals surface area (Å²) in [6, 6.07) is 4.05. The van der Waals surface area contributed by atoms with E-state index < -0.39 is 24.1 Å². The predicted octanol–water partition coefficient (Wildman–Crippen LogP) is 9.56. The Bertz CT molecular complexity index is 1080. The van der Waals surface area contributed by atoms with Crippen LogP contribution in [0.15, 0.2) is 29.5 Å². The molecule has 1 N–H and O–H groups in total. The van der Waals surface area contributed by atoms with Gasteiger partial charge in [0.25, 0.3) is 0 Å². The summed E-state index contributed by atoms with van der Waals surface area (Å²) in [4.78, 5) is 41.1. The van der Waals surface area contributed by atoms with E-state index in [-0.39, 0.29) is 24.4 Å². The topological polar surface area (TPSA) is 94.2 Å². The molecule has 8 heteroatoms. The highest BCUT2D eigenvalue weighted by molar-refractivity contribution is 6.00. The van der Waals surface area contributed by atoms with E-state index in [1.807, 2.05) is 32.0 Å². The first-order valence-electron chi connectivity index (χ1n) is 17.1. The standard InChI is InChI=1S/C36H58N2O6/c1-8-10-11-12-13-14-15-16-17-18-19-20-21-23-29-24-22-25-30(43-26(3)4)32(29)33-31(34(39)44-27(5)6)28(7)37-35(40)38(33)36(41)42-9-2/h22,24-27,33H,8-21,23H2,1-7H3,(H,37,40). The van der Waals surface area contributed by atoms with Gasteiger partial charge in [-0.25, -0.2) is 19.3 Å². The van der Waals surface area contributed by atoms with Crippen LogP contribution in [0, 0.1) is 0 Å². The molecule has 3 amide bonds. The number of carbonyl (C=O) groups is 3. The van der Waals surface area contributed by atoms with Crippen LogP contribution in [0.1, 0.15) is 149 Å². The number of esters is 1. The molecule has 2 rings (SSSR count). The summed E-state index contributed by atoms with van der Waals surface area (Å²) in [5, 5.41) is 2.67. The summed E-state index contributed by atoms with van der Waals surface area (Å²) in [5.74, 6) is -0.0631. The average Bonchev–Trinajstić information content (AvgIpc) is 2.94. The second-order valence-electron chi connectivity index (χ2n) is 12.4. The van der Waals surface area contributed by atoms with Gasteiger partial charge in [-0.2, -0.15) is 0 Å². The number of carbonyl (C=O) groups excluding carboxylic acids is 3. The normalized spacial score (nSPS) is 15.2. The van der Waals surface area contributed by atoms with Gasteiger partial charge in [-0.15, -0.1) is 0 Å². The lowest BCUT2D eigenvalue weighted by atomic mass is 9.88. The van der Waals surface area contributed by atoms with Crippen molar-refractivity contribution in [2.75, 3.05) is 6.61 Å². The first-order valence-corrected chi connectivity index (χ1v) is 17.1. The molecule has 1 unspecified atom stereocenters. The van der Waals surface area contributed by atoms with Gasteiger partial charge in [0.15, 0.2) is 0 Å². The van der Waals surface area contributed by atoms with E-state index in [1.54, 1.807) is 27.7 Å². The number of aryl methyl sites for hydroxylation is 1. The number of nitrogens with zero attached hydrogens (tertiary/aromatic N) is 1. The third-order valence-electron chi connectivity index (χ3n) is 7.82. The lowest BCUT2D eigenvalue weighted by molar-refractivity contribution is -0.143. The first-order chi connectivity index (χ1) is 21.1. The van der Waals surface area contributed by atoms with Gasteiger partial charge in [0.05, 0.1) is 24.4 Å². The number of rotatable bonds is 20. The monoisotopic (exact) mass is 614 g/mol. The van der Waals surface area contributed by atoms with E-state index in [1.165, 1.54) is 70.6 Å². The van der Waals surface area contributed by atoms with Crippen molar-refractivity contribution in [3.05, 3.63) is 40.6 Å². The van der Waals surface area contributed by atoms with E-state index >= 15 is 0 Å². The van der Waals surface area contributed by atoms with Crippen molar-refractivity contribution in [2.24, 2.45) is 0 Å². The van der Waals surface area contributed by atoms with E-state index in [2.05, 4.69) is 12.2 Å². The molecule has 0 aromatic heterocycles. The van der Waals surface area contributed by atoms with Crippen molar-refractivity contribution in [1.82, 2.24) is 10.2 Å². The highest BCUT2D eigenvalue weighted by Crippen LogP contribution is 2.42. The van der Waals surface area contributed by atoms with E-state index in [4.69, 9.17) is 14.2 Å². The summed E-state index contributed by atoms with van der Waals surface area (Å²) >= 11 is 0. The molecule has 0 fully saturated rings. The molecule has 1 atom stereocenters. The second-order valence-corrected chi connectivity index (χ2v) is 12.4. The quantitative estimate of drug-likeness (QED) is 0.116. The van der Waals surface area contributed by atoms with Crippen LogP contribution >= 0.6 is 0 Å². The zero-order valence-electron chi connectivity index (χ0n) is 28.5. The molecule has 0 radical (unpaired) electrons. The van der Waals surface area contributed by atoms with Crippen molar-refractivity contribution in [1.29, 1.82) is 0 Å². The van der Waals surface area contributed by atoms with Gasteiger partial charge in [0, 0.05) is 11.3 Å². The number of benzene rings is 1. The number of amides is 3. The molecule has 1 aliphatic rings. The number of unbranched alkanes of at least 4 members (excludes halogenated alkanes) is 12. The van der Waals surface area contributed by atoms with Crippen LogP contribution in [0.25, 0.3) is 0 Å². The number of nitrogens with one attached hydrogen (secondary N) is 1. The largest absolute Gasteiger partial charge is 0.491 e. The van der Waals surface area contributed by atoms with Crippen molar-refractivity contribution in [3.63, 3.8) is 0 Å². The van der Waals surface area contributed by atoms with Crippen LogP contribution in [0.2, 0.25) is 0 Å². The summed E-state index contributed by atoms with van der Waals surface area (Å²) in [5.41, 5.74) is 2.09. The molecule has 1 aromatic rings. The van der Waals surface area contributed by atoms with E-state index in [0.29, 0.717) is 17.0 Å². The minimum Gasteiger partial charge on any atom is -0.491 e. The first kappa shape index (κ1) is 37.2. The van der Waals surface area contributed by atoms with Crippen molar-refractivity contribution >= 4 is 18.1 Å². The molecule has 1 heterocycles. The zero-order valence-corrected chi connectivity index (χ0v) is 28.5. The van der Waals surface area contributed by atoms with Crippen molar-refractivity contribution in [3.8, 4) is 5.75 Å². The highest BCUT2D eigenvalue weighted by atomic mass is 16.6. The number of ether oxygens (including phenoxy) is 3. The minimum atomic E-state index is -1.05. The maximum atomic E-state index is 13.5. The fraction of sp³-hybridized carbons (Fsp3) is 0.694. The van der Waals surface area contributed by atoms with Crippen LogP contribution in [-0.2, 0) is 20.7 Å². The third-order valence-corrected chi connectivity index (χ3v) is 7.82. The number of urea groups is 1. The van der Waals surface area contributed by atoms with Crippen LogP contribution < -0.4 is 10.1 Å². The molecular formula is C36H58N2O6. The fourth-order valence-corrected chi connectivity index (χ4v) is 5.74. The van der Waals surface area contributed by atoms with Gasteiger partial charge in [-0.1, -0.05) is 96.1 Å². The SMILES string of the molecule is CCCCCCCCCCCCCCCc1cccc(OC(C)C)c1C1C(C(=O)OC(C)C)=C(C)NC(=O)N1C(=O)OCC. The molecule has 44 heavy (non-hydrogen) atoms. The Balaban J connectivity index is 2.25. The summed E-state index contributed by atoms with van der Waals surface area (Å²) in [6.45, 7) is 13.1. The van der Waals surface area contributed by atoms with Crippen LogP contribution in [0.4, 0.5) is 9.59 Å². The zero-order chi connectivity index (χ0) is 32.5. The highest BCUT2D eigenvalue weighted by Gasteiger charge is 2.45. The van der Waals surface area contributed by atoms with Gasteiger partial charge in [-0.3, -0.25) is 0 Å². The molecule has 0 spiro atoms. The maximum Gasteiger partial charge on any atom is 0.418 e. The summed E-state index contributed by atoms with van der Waals surface area (Å²) < 4.78 is 17.2. The van der Waals surface area contributed by atoms with Crippen LogP contribution in [0.3, 0.4) is 0 Å². The Hall–Kier alpha value is -3.03. The lowest BCUT2D eigenvalue weighted by Crippen LogP contribution is -2.51. The lowest BCUT2D eigenvalue weighted by Gasteiger charge is -2.37. The minimum absolute atomic E-state index is 0.0831. The van der Waals surface area contributed by atoms with Gasteiger partial charge in [-0.05, 0) is 66.0 Å². The van der Waals surface area contributed by atoms with Crippen molar-refractivity contribution < 1.29 is 28.6 Å². The van der Waals surface area contributed by atoms with Gasteiger partial charge in [0.2, 0.25) is 0 Å². The molecule has 0 saturated carbocycles. The maximum absolute atomic E-state index is 13.5. The molecule has 248 valence electrons. The van der Waals surface area contributed by atoms with E-state index in [9.17, 15) is 14.4 Å². The summed E-state index contributed by atoms with van der Waals surface area (Å²) in [7, 11) is 0. The number of hydrogen-bond acceptors (Lipinski definition) is 6. The molecular weight excluding hydrogens is 556 g/mol. The van der Waals surface area contributed by atoms with Crippen LogP contribution in [0.5, 0.6) is 5.75 Å². The molecule has 0 saturated heterocycles. The van der Waals surface area contributed by atoms with E-state index in [0.717, 1.165) is 29.7 Å². The molecule has 8 nitrogen and oxygen atoms in total. The van der Waals surface area contributed by atoms with Gasteiger partial charge < -0.3 is 19.5 Å². The Kier molecular flexibility index (Phi) is 17.0. The Morgan fingerprint density at radius 1 is 0.841 bits per heavy atom. The Morgan fingerprint density at radius 2 is 1.41 bits per heavy atom. The fourth-order valence-electron chi connectivity index (χ4n) is 5.74. The molecule has 1 aromatic carbocycles. The van der Waals surface area contributed by atoms with Crippen LogP contribution in [-0.4, -0.2) is 41.8 Å². The number of hydrogen-bond donors (Lipinski definition) is 1.